The standard InChI is InChI=1S/C15H25N.2C12H21N3.C9H13N.3C7H10N2.C6H9N3.2C5H14P2.C4H13NP2.2Au.14Pt/c1-9-10-12(14(2,3)4)11-13(16-8)15(5,6)7;1-11(2,3)9(13-7)15-10(14-8)12(4,5)6;1-11(2,3)9(8-13)15-10(14-7)12(4,5)6;1-5-6-8(2)7-9(3)10-4;2*1-6(8-3)5-7(2)9-4;1-6(5-8)4-7(2)9-3;1-5(7-3)9-6(2)8-4;3*1-6(2)5-7(3)4;;;;;;;;;;;;;;;;/h1,9-10,12-13H,11H2,2-7H3;2*9-10,15H,1-6H3;1,5-6,8-9H,7H2,2-3H3;2*6-7H,5H2,1-2H3;6-7H,4H2,1-2H3;5-6,9H,1-2H3;2*5H2,1-4H3;5H,1-4H3;;;;;;;;;;;;;;;;/q;;;;;;;;;;;2*+1;;;;;;;;;;;;;;/p+6. The Kier molecular flexibility index (Phi) is 190. The summed E-state index contributed by atoms with van der Waals surface area (Å²) in [6.07, 6.45) is 11.1. The third kappa shape index (κ3) is 156. The van der Waals surface area contributed by atoms with Gasteiger partial charge >= 0.3 is 242 Å². The van der Waals surface area contributed by atoms with Crippen molar-refractivity contribution >= 4 is 56.6 Å². The maximum absolute atomic E-state index is 9.06. The number of nitriles is 2. The maximum atomic E-state index is 9.06. The monoisotopic (exact) mass is 4800 g/mol. The fourth-order valence-corrected chi connectivity index (χ4v) is 24.8. The SMILES string of the molecule is C[PH+](C)C[PH+](C)C.C[PH+](C)C[PH+](C)C.C[PH+](C)N[PH+](C)C.[Au+].[Au+].[C-]#[N+]C(C)CC(C)C#N.[C-]#[N+]C(C)CC(C)C=C[CH]=[Pt].[C-]#[N+]C(C)CC(C)[N+]#[C-].[C-]#[N+]C(C)CC(C)[N+]#[C-].[C-]#[N+]C(C)NC(C)[N+]#[C-].[C-]#[N+]C(CC(C=C[CH]=[Pt])C(C)(C)C)C(C)(C)C.[C-]#[N+]C(NC(C#N)C(C)(C)C)C(C)(C)C.[C-]#[N+]C(NC([N+]#[C-])C(C)(C)C)C(C)(C)C.[Pt].[Pt].[Pt].[Pt].[Pt].[Pt].[Pt].[Pt].[Pt].[Pt].[Pt].[Pt]. The van der Waals surface area contributed by atoms with Gasteiger partial charge < -0.3 is 24.2 Å². The molecule has 4 N–H and O–H groups in total. The molecule has 0 aromatic carbocycles. The van der Waals surface area contributed by atoms with Gasteiger partial charge in [-0.1, -0.05) is 87.9 Å². The van der Waals surface area contributed by atoms with E-state index in [1.807, 2.05) is 146 Å². The fourth-order valence-electron chi connectivity index (χ4n) is 9.01. The van der Waals surface area contributed by atoms with Gasteiger partial charge in [0.2, 0.25) is 30.2 Å². The topological polar surface area (TPSA) is 148 Å². The van der Waals surface area contributed by atoms with E-state index in [1.165, 1.54) is 0 Å². The summed E-state index contributed by atoms with van der Waals surface area (Å²) in [5.74, 6) is 4.12. The van der Waals surface area contributed by atoms with Crippen LogP contribution in [0.4, 0.5) is 0 Å². The summed E-state index contributed by atoms with van der Waals surface area (Å²) in [6, 6.07) is 4.29. The molecule has 0 aliphatic rings. The summed E-state index contributed by atoms with van der Waals surface area (Å²) >= 11 is 4.40. The number of nitrogens with one attached hydrogen (secondary N) is 4. The van der Waals surface area contributed by atoms with Gasteiger partial charge in [-0.3, -0.25) is 24.2 Å². The number of allylic oxidation sites excluding steroid dienone is 4. The Morgan fingerprint density at radius 2 is 0.566 bits per heavy atom. The van der Waals surface area contributed by atoms with E-state index in [0.717, 1.165) is 12.8 Å². The van der Waals surface area contributed by atoms with Crippen molar-refractivity contribution in [3.63, 3.8) is 0 Å². The molecule has 0 aliphatic heterocycles. The predicted molar refractivity (Wildman–Crippen MR) is 520 cm³/mol. The minimum atomic E-state index is -0.318. The first kappa shape index (κ1) is 200. The van der Waals surface area contributed by atoms with E-state index < -0.39 is 0 Å². The molecule has 18 nitrogen and oxygen atoms in total. The normalized spacial score (nSPS) is 13.4. The van der Waals surface area contributed by atoms with Crippen LogP contribution in [0, 0.1) is 152 Å². The third-order valence-electron chi connectivity index (χ3n) is 15.2. The van der Waals surface area contributed by atoms with Crippen LogP contribution in [0.5, 0.6) is 0 Å². The second kappa shape index (κ2) is 122. The van der Waals surface area contributed by atoms with Crippen molar-refractivity contribution in [3.05, 3.63) is 161 Å². The van der Waals surface area contributed by atoms with Gasteiger partial charge in [0.25, 0.3) is 30.8 Å². The Bertz CT molecular complexity index is 2870. The molecule has 0 heterocycles. The molecule has 0 fully saturated rings. The zero-order chi connectivity index (χ0) is 93.6. The molecule has 0 aromatic rings. The summed E-state index contributed by atoms with van der Waals surface area (Å²) < 4.78 is 4.02. The first-order valence-electron chi connectivity index (χ1n) is 39.4. The van der Waals surface area contributed by atoms with Crippen molar-refractivity contribution < 1.29 is 336 Å². The quantitative estimate of drug-likeness (QED) is 0.0385. The molecule has 0 saturated carbocycles. The van der Waals surface area contributed by atoms with Gasteiger partial charge in [0.1, 0.15) is 6.04 Å². The molecule has 0 radical (unpaired) electrons. The first-order valence-corrected chi connectivity index (χ1v) is 57.9. The number of hydrogen-bond donors (Lipinski definition) is 4. The van der Waals surface area contributed by atoms with Crippen LogP contribution in [0.3, 0.4) is 0 Å². The Morgan fingerprint density at radius 3 is 0.736 bits per heavy atom. The van der Waals surface area contributed by atoms with E-state index in [0.29, 0.717) is 31.1 Å². The molecule has 129 heavy (non-hydrogen) atoms. The molecule has 0 saturated heterocycles. The Morgan fingerprint density at radius 1 is 0.310 bits per heavy atom. The van der Waals surface area contributed by atoms with Crippen molar-refractivity contribution in [2.75, 3.05) is 91.8 Å². The van der Waals surface area contributed by atoms with Crippen molar-refractivity contribution in [1.29, 1.82) is 10.5 Å². The van der Waals surface area contributed by atoms with Crippen molar-refractivity contribution in [1.82, 2.24) is 20.8 Å². The van der Waals surface area contributed by atoms with Gasteiger partial charge in [-0.25, -0.2) is 71.0 Å². The van der Waals surface area contributed by atoms with Crippen molar-refractivity contribution in [2.24, 2.45) is 50.2 Å². The third-order valence-corrected chi connectivity index (χ3v) is 31.4. The van der Waals surface area contributed by atoms with E-state index in [-0.39, 0.29) is 463 Å². The van der Waals surface area contributed by atoms with Crippen molar-refractivity contribution in [2.45, 2.75) is 305 Å². The van der Waals surface area contributed by atoms with Gasteiger partial charge in [0.15, 0.2) is 11.8 Å². The van der Waals surface area contributed by atoms with Crippen LogP contribution >= 0.6 is 47.8 Å². The molecular weight excluding hydrogens is 4630 g/mol. The van der Waals surface area contributed by atoms with Gasteiger partial charge in [-0.05, 0) is 12.3 Å². The number of rotatable bonds is 26. The second-order valence-corrected chi connectivity index (χ2v) is 56.1. The zero-order valence-corrected chi connectivity index (χ0v) is 126. The van der Waals surface area contributed by atoms with E-state index in [4.69, 9.17) is 89.4 Å². The molecule has 0 aliphatic carbocycles. The van der Waals surface area contributed by atoms with Crippen LogP contribution < -0.4 is 20.8 Å². The minimum Gasteiger partial charge on any atom is -0.296 e. The van der Waals surface area contributed by atoms with Crippen molar-refractivity contribution in [3.8, 4) is 12.1 Å². The second-order valence-electron chi connectivity index (χ2n) is 37.1. The molecule has 796 valence electrons. The summed E-state index contributed by atoms with van der Waals surface area (Å²) in [5.41, 5.74) is -0.311. The molecule has 0 rings (SSSR count). The molecule has 0 aromatic heterocycles. The van der Waals surface area contributed by atoms with Crippen LogP contribution in [0.15, 0.2) is 24.3 Å². The first-order chi connectivity index (χ1) is 52.3. The fraction of sp³-hybridized carbons (Fsp3) is 0.775. The summed E-state index contributed by atoms with van der Waals surface area (Å²) in [5, 5.41) is 26.4. The maximum Gasteiger partial charge on any atom is 0.287 e. The minimum absolute atomic E-state index is 0. The molecule has 40 heteroatoms. The Hall–Kier alpha value is 5.62. The van der Waals surface area contributed by atoms with E-state index >= 15 is 0 Å². The average Bonchev–Trinajstić information content (AvgIpc) is 0.866. The summed E-state index contributed by atoms with van der Waals surface area (Å²) in [7, 11) is 0.167. The summed E-state index contributed by atoms with van der Waals surface area (Å²) in [4.78, 5) is 44.2. The van der Waals surface area contributed by atoms with Crippen LogP contribution in [-0.2, 0) is 336 Å². The van der Waals surface area contributed by atoms with Gasteiger partial charge in [0, 0.05) is 393 Å². The van der Waals surface area contributed by atoms with E-state index in [1.54, 1.807) is 25.7 Å². The largest absolute Gasteiger partial charge is 0.296 e. The van der Waals surface area contributed by atoms with Gasteiger partial charge in [-0.2, -0.15) is 21.2 Å². The van der Waals surface area contributed by atoms with Crippen LogP contribution in [0.1, 0.15) is 226 Å². The molecule has 0 bridgehead atoms. The number of hydrogen-bond acceptors (Lipinski definition) is 6. The molecule has 0 spiro atoms. The zero-order valence-electron chi connectivity index (χ0n) is 83.9. The van der Waals surface area contributed by atoms with Crippen LogP contribution in [-0.4, -0.2) is 180 Å². The molecule has 16 atom stereocenters. The van der Waals surface area contributed by atoms with Gasteiger partial charge in [-0.15, -0.1) is 0 Å². The van der Waals surface area contributed by atoms with Gasteiger partial charge in [0.05, 0.1) is 89.9 Å². The van der Waals surface area contributed by atoms with Crippen LogP contribution in [0.25, 0.3) is 58.1 Å². The van der Waals surface area contributed by atoms with Crippen LogP contribution in [0.2, 0.25) is 0 Å². The molecular formula is C89H166Au2N18P6Pt14+8. The van der Waals surface area contributed by atoms with E-state index in [2.05, 4.69) is 276 Å². The summed E-state index contributed by atoms with van der Waals surface area (Å²) in [6.45, 7) is 166. The molecule has 0 amide bonds. The molecule has 16 unspecified atom stereocenters. The Balaban J connectivity index is -0.0000000401. The Labute approximate surface area is 1030 Å². The smallest absolute Gasteiger partial charge is 0.287 e. The number of nitrogens with zero attached hydrogens (tertiary/aromatic N) is 14. The predicted octanol–water partition coefficient (Wildman–Crippen LogP) is 24.5. The van der Waals surface area contributed by atoms with E-state index in [9.17, 15) is 0 Å². The average molecular weight is 4800 g/mol.